The summed E-state index contributed by atoms with van der Waals surface area (Å²) >= 11 is 0. The summed E-state index contributed by atoms with van der Waals surface area (Å²) in [5, 5.41) is 0. The van der Waals surface area contributed by atoms with Crippen LogP contribution in [0.3, 0.4) is 0 Å². The van der Waals surface area contributed by atoms with Gasteiger partial charge in [-0.25, -0.2) is 0 Å². The Morgan fingerprint density at radius 2 is 1.89 bits per heavy atom. The summed E-state index contributed by atoms with van der Waals surface area (Å²) < 4.78 is 11.2. The van der Waals surface area contributed by atoms with Crippen LogP contribution in [0.15, 0.2) is 11.6 Å². The minimum atomic E-state index is 0.441. The number of rotatable bonds is 3. The summed E-state index contributed by atoms with van der Waals surface area (Å²) in [5.74, 6) is 4.87. The summed E-state index contributed by atoms with van der Waals surface area (Å²) in [6, 6.07) is 0. The Bertz CT molecular complexity index is 612. The standard InChI is InChI=1S/C26H42O2/c1-4-18-6-5-13-26-15-12-23-21(24(26)10-9-22(18)26)8-7-19-16-20(28-17-27-3)11-14-25(19,23)2/h4,19-24H,5-17H2,1-3H3/t19-,20+,21+,22+,23-,24-,25-,26-/m0/s1. The van der Waals surface area contributed by atoms with E-state index in [-0.39, 0.29) is 0 Å². The summed E-state index contributed by atoms with van der Waals surface area (Å²) in [5.41, 5.74) is 3.11. The largest absolute Gasteiger partial charge is 0.359 e. The zero-order valence-electron chi connectivity index (χ0n) is 18.6. The minimum Gasteiger partial charge on any atom is -0.359 e. The van der Waals surface area contributed by atoms with Gasteiger partial charge in [0, 0.05) is 7.11 Å². The quantitative estimate of drug-likeness (QED) is 0.395. The molecule has 0 aromatic heterocycles. The molecule has 28 heavy (non-hydrogen) atoms. The Morgan fingerprint density at radius 1 is 1.00 bits per heavy atom. The highest BCUT2D eigenvalue weighted by molar-refractivity contribution is 5.21. The Balaban J connectivity index is 1.36. The van der Waals surface area contributed by atoms with Crippen LogP contribution < -0.4 is 0 Å². The van der Waals surface area contributed by atoms with Crippen LogP contribution >= 0.6 is 0 Å². The summed E-state index contributed by atoms with van der Waals surface area (Å²) in [4.78, 5) is 0. The second-order valence-corrected chi connectivity index (χ2v) is 11.2. The third-order valence-corrected chi connectivity index (χ3v) is 10.7. The first-order chi connectivity index (χ1) is 13.6. The summed E-state index contributed by atoms with van der Waals surface area (Å²) in [7, 11) is 1.75. The predicted molar refractivity (Wildman–Crippen MR) is 114 cm³/mol. The van der Waals surface area contributed by atoms with E-state index in [1.165, 1.54) is 77.0 Å². The van der Waals surface area contributed by atoms with E-state index in [1.807, 2.05) is 5.57 Å². The van der Waals surface area contributed by atoms with E-state index in [0.29, 0.717) is 23.7 Å². The highest BCUT2D eigenvalue weighted by Gasteiger charge is 2.62. The molecule has 0 saturated heterocycles. The van der Waals surface area contributed by atoms with Gasteiger partial charge in [-0.3, -0.25) is 0 Å². The third kappa shape index (κ3) is 2.80. The molecule has 2 nitrogen and oxygen atoms in total. The Hall–Kier alpha value is -0.340. The van der Waals surface area contributed by atoms with Gasteiger partial charge in [-0.05, 0) is 124 Å². The molecule has 158 valence electrons. The van der Waals surface area contributed by atoms with Gasteiger partial charge in [0.25, 0.3) is 0 Å². The van der Waals surface area contributed by atoms with Gasteiger partial charge in [0.15, 0.2) is 0 Å². The second-order valence-electron chi connectivity index (χ2n) is 11.2. The van der Waals surface area contributed by atoms with Crippen molar-refractivity contribution in [1.82, 2.24) is 0 Å². The average Bonchev–Trinajstić information content (AvgIpc) is 3.12. The Kier molecular flexibility index (Phi) is 5.19. The maximum absolute atomic E-state index is 6.00. The summed E-state index contributed by atoms with van der Waals surface area (Å²) in [6.45, 7) is 5.47. The van der Waals surface area contributed by atoms with Crippen LogP contribution in [0.4, 0.5) is 0 Å². The molecule has 5 rings (SSSR count). The molecule has 1 spiro atoms. The number of hydrogen-bond acceptors (Lipinski definition) is 2. The molecule has 0 aliphatic heterocycles. The molecular weight excluding hydrogens is 344 g/mol. The van der Waals surface area contributed by atoms with E-state index in [4.69, 9.17) is 9.47 Å². The number of hydrogen-bond donors (Lipinski definition) is 0. The van der Waals surface area contributed by atoms with Gasteiger partial charge in [0.1, 0.15) is 6.79 Å². The van der Waals surface area contributed by atoms with E-state index >= 15 is 0 Å². The maximum atomic E-state index is 6.00. The van der Waals surface area contributed by atoms with Crippen molar-refractivity contribution in [2.24, 2.45) is 40.4 Å². The van der Waals surface area contributed by atoms with E-state index in [1.54, 1.807) is 7.11 Å². The van der Waals surface area contributed by atoms with E-state index < -0.39 is 0 Å². The smallest absolute Gasteiger partial charge is 0.146 e. The van der Waals surface area contributed by atoms with E-state index in [2.05, 4.69) is 19.9 Å². The van der Waals surface area contributed by atoms with Crippen LogP contribution in [0.2, 0.25) is 0 Å². The topological polar surface area (TPSA) is 18.5 Å². The zero-order valence-corrected chi connectivity index (χ0v) is 18.6. The molecule has 0 bridgehead atoms. The van der Waals surface area contributed by atoms with Crippen molar-refractivity contribution in [2.45, 2.75) is 97.0 Å². The van der Waals surface area contributed by atoms with Crippen LogP contribution in [-0.4, -0.2) is 20.0 Å². The molecule has 0 unspecified atom stereocenters. The molecule has 0 aromatic rings. The molecule has 0 N–H and O–H groups in total. The molecule has 8 atom stereocenters. The lowest BCUT2D eigenvalue weighted by Crippen LogP contribution is -2.55. The van der Waals surface area contributed by atoms with Crippen LogP contribution in [-0.2, 0) is 9.47 Å². The van der Waals surface area contributed by atoms with Gasteiger partial charge in [0.05, 0.1) is 6.10 Å². The predicted octanol–water partition coefficient (Wildman–Crippen LogP) is 6.74. The minimum absolute atomic E-state index is 0.441. The maximum Gasteiger partial charge on any atom is 0.146 e. The molecule has 5 fully saturated rings. The first-order valence-electron chi connectivity index (χ1n) is 12.4. The van der Waals surface area contributed by atoms with Crippen molar-refractivity contribution in [2.75, 3.05) is 13.9 Å². The lowest BCUT2D eigenvalue weighted by molar-refractivity contribution is -0.155. The Morgan fingerprint density at radius 3 is 2.71 bits per heavy atom. The Labute approximate surface area is 172 Å². The van der Waals surface area contributed by atoms with Gasteiger partial charge in [-0.1, -0.05) is 18.6 Å². The molecule has 5 aliphatic carbocycles. The molecule has 5 aliphatic rings. The molecule has 0 aromatic carbocycles. The van der Waals surface area contributed by atoms with Crippen molar-refractivity contribution in [3.8, 4) is 0 Å². The van der Waals surface area contributed by atoms with Gasteiger partial charge in [0.2, 0.25) is 0 Å². The number of fused-ring (bicyclic) bond motifs is 4. The lowest BCUT2D eigenvalue weighted by Gasteiger charge is -2.62. The highest BCUT2D eigenvalue weighted by Crippen LogP contribution is 2.70. The van der Waals surface area contributed by atoms with Crippen LogP contribution in [0, 0.1) is 40.4 Å². The van der Waals surface area contributed by atoms with Gasteiger partial charge < -0.3 is 9.47 Å². The normalized spacial score (nSPS) is 51.9. The number of ether oxygens (including phenoxy) is 2. The summed E-state index contributed by atoms with van der Waals surface area (Å²) in [6.07, 6.45) is 20.3. The van der Waals surface area contributed by atoms with Crippen LogP contribution in [0.1, 0.15) is 90.9 Å². The van der Waals surface area contributed by atoms with Gasteiger partial charge >= 0.3 is 0 Å². The second kappa shape index (κ2) is 7.41. The van der Waals surface area contributed by atoms with Crippen molar-refractivity contribution in [3.05, 3.63) is 11.6 Å². The van der Waals surface area contributed by atoms with Gasteiger partial charge in [-0.15, -0.1) is 0 Å². The molecule has 0 radical (unpaired) electrons. The molecule has 0 heterocycles. The SMILES string of the molecule is CC=C1CCC[C@@]23CC[C@H]4[C@@H](CC[C@H]5C[C@H](OCOC)CC[C@@]54C)[C@@H]2CC[C@H]13. The molecular formula is C26H42O2. The first-order valence-corrected chi connectivity index (χ1v) is 12.4. The molecule has 2 heteroatoms. The van der Waals surface area contributed by atoms with Crippen molar-refractivity contribution in [1.29, 1.82) is 0 Å². The average molecular weight is 387 g/mol. The molecule has 0 amide bonds. The molecule has 5 saturated carbocycles. The number of methoxy groups -OCH3 is 1. The van der Waals surface area contributed by atoms with Gasteiger partial charge in [-0.2, -0.15) is 0 Å². The highest BCUT2D eigenvalue weighted by atomic mass is 16.7. The fourth-order valence-electron chi connectivity index (χ4n) is 9.53. The van der Waals surface area contributed by atoms with Crippen molar-refractivity contribution >= 4 is 0 Å². The number of allylic oxidation sites excluding steroid dienone is 2. The zero-order chi connectivity index (χ0) is 19.4. The van der Waals surface area contributed by atoms with E-state index in [0.717, 1.165) is 29.6 Å². The third-order valence-electron chi connectivity index (χ3n) is 10.7. The van der Waals surface area contributed by atoms with Crippen molar-refractivity contribution < 1.29 is 9.47 Å². The fourth-order valence-corrected chi connectivity index (χ4v) is 9.53. The van der Waals surface area contributed by atoms with Crippen LogP contribution in [0.25, 0.3) is 0 Å². The monoisotopic (exact) mass is 386 g/mol. The van der Waals surface area contributed by atoms with Crippen molar-refractivity contribution in [3.63, 3.8) is 0 Å². The first kappa shape index (κ1) is 19.6. The fraction of sp³-hybridized carbons (Fsp3) is 0.923. The van der Waals surface area contributed by atoms with E-state index in [9.17, 15) is 0 Å². The lowest BCUT2D eigenvalue weighted by atomic mass is 9.43. The van der Waals surface area contributed by atoms with Crippen LogP contribution in [0.5, 0.6) is 0 Å².